The molecule has 7 heteroatoms. The summed E-state index contributed by atoms with van der Waals surface area (Å²) in [5, 5.41) is 12.5. The van der Waals surface area contributed by atoms with E-state index in [2.05, 4.69) is 20.2 Å². The number of hydrogen-bond donors (Lipinski definition) is 0. The van der Waals surface area contributed by atoms with Gasteiger partial charge in [0.15, 0.2) is 0 Å². The number of rotatable bonds is 5. The Morgan fingerprint density at radius 1 is 1.36 bits per heavy atom. The van der Waals surface area contributed by atoms with Crippen molar-refractivity contribution in [3.05, 3.63) is 29.7 Å². The van der Waals surface area contributed by atoms with Crippen molar-refractivity contribution in [2.24, 2.45) is 0 Å². The van der Waals surface area contributed by atoms with Gasteiger partial charge in [-0.05, 0) is 12.5 Å². The Labute approximate surface area is 130 Å². The Morgan fingerprint density at radius 2 is 2.23 bits per heavy atom. The summed E-state index contributed by atoms with van der Waals surface area (Å²) in [6, 6.07) is 0. The molecule has 1 aliphatic rings. The quantitative estimate of drug-likeness (QED) is 0.835. The second-order valence-corrected chi connectivity index (χ2v) is 6.16. The Balaban J connectivity index is 1.55. The van der Waals surface area contributed by atoms with Crippen LogP contribution < -0.4 is 0 Å². The van der Waals surface area contributed by atoms with Gasteiger partial charge in [0.05, 0.1) is 32.0 Å². The van der Waals surface area contributed by atoms with Crippen LogP contribution >= 0.6 is 0 Å². The van der Waals surface area contributed by atoms with Gasteiger partial charge >= 0.3 is 0 Å². The number of hydrogen-bond acceptors (Lipinski definition) is 6. The molecule has 0 saturated carbocycles. The zero-order valence-electron chi connectivity index (χ0n) is 13.4. The highest BCUT2D eigenvalue weighted by molar-refractivity contribution is 4.99. The summed E-state index contributed by atoms with van der Waals surface area (Å²) >= 11 is 0. The largest absolute Gasteiger partial charge is 0.424 e. The number of aryl methyl sites for hydroxylation is 1. The summed E-state index contributed by atoms with van der Waals surface area (Å²) in [6.45, 7) is 10.0. The lowest BCUT2D eigenvalue weighted by Crippen LogP contribution is -2.43. The average molecular weight is 305 g/mol. The predicted molar refractivity (Wildman–Crippen MR) is 80.4 cm³/mol. The normalized spacial score (nSPS) is 19.9. The molecule has 1 fully saturated rings. The first-order chi connectivity index (χ1) is 10.6. The fraction of sp³-hybridized carbons (Fsp3) is 0.667. The smallest absolute Gasteiger partial charge is 0.230 e. The van der Waals surface area contributed by atoms with Crippen LogP contribution in [-0.2, 0) is 17.8 Å². The number of ether oxygens (including phenoxy) is 1. The standard InChI is InChI=1S/C15H23N5O2/c1-11(2)15-18-17-14(22-15)10-19-4-5-21-13(8-19)9-20-7-12(3)6-16-20/h6-7,11,13H,4-5,8-10H2,1-3H3/t13-/m1/s1. The van der Waals surface area contributed by atoms with E-state index in [1.807, 2.05) is 37.8 Å². The second kappa shape index (κ2) is 6.58. The van der Waals surface area contributed by atoms with Gasteiger partial charge in [-0.25, -0.2) is 0 Å². The van der Waals surface area contributed by atoms with Crippen LogP contribution in [0, 0.1) is 6.92 Å². The maximum absolute atomic E-state index is 5.83. The molecule has 1 saturated heterocycles. The Kier molecular flexibility index (Phi) is 4.54. The van der Waals surface area contributed by atoms with E-state index in [4.69, 9.17) is 9.15 Å². The fourth-order valence-electron chi connectivity index (χ4n) is 2.57. The molecule has 0 N–H and O–H groups in total. The first-order valence-corrected chi connectivity index (χ1v) is 7.75. The number of aromatic nitrogens is 4. The molecule has 2 aromatic rings. The van der Waals surface area contributed by atoms with Gasteiger partial charge in [0.2, 0.25) is 11.8 Å². The molecule has 0 aliphatic carbocycles. The van der Waals surface area contributed by atoms with Crippen LogP contribution in [0.1, 0.15) is 37.1 Å². The Morgan fingerprint density at radius 3 is 2.91 bits per heavy atom. The van der Waals surface area contributed by atoms with Crippen molar-refractivity contribution in [1.82, 2.24) is 24.9 Å². The van der Waals surface area contributed by atoms with E-state index in [1.54, 1.807) is 0 Å². The molecule has 0 amide bonds. The molecule has 7 nitrogen and oxygen atoms in total. The van der Waals surface area contributed by atoms with E-state index in [1.165, 1.54) is 5.56 Å². The fourth-order valence-corrected chi connectivity index (χ4v) is 2.57. The molecule has 0 aromatic carbocycles. The van der Waals surface area contributed by atoms with Crippen molar-refractivity contribution in [3.63, 3.8) is 0 Å². The highest BCUT2D eigenvalue weighted by atomic mass is 16.5. The number of morpholine rings is 1. The van der Waals surface area contributed by atoms with Crippen molar-refractivity contribution < 1.29 is 9.15 Å². The summed E-state index contributed by atoms with van der Waals surface area (Å²) in [5.74, 6) is 1.65. The summed E-state index contributed by atoms with van der Waals surface area (Å²) in [7, 11) is 0. The minimum atomic E-state index is 0.139. The van der Waals surface area contributed by atoms with Crippen molar-refractivity contribution in [3.8, 4) is 0 Å². The molecule has 2 aromatic heterocycles. The van der Waals surface area contributed by atoms with E-state index in [0.29, 0.717) is 18.3 Å². The first-order valence-electron chi connectivity index (χ1n) is 7.75. The summed E-state index contributed by atoms with van der Waals surface area (Å²) < 4.78 is 13.5. The summed E-state index contributed by atoms with van der Waals surface area (Å²) in [4.78, 5) is 2.29. The molecule has 22 heavy (non-hydrogen) atoms. The lowest BCUT2D eigenvalue weighted by molar-refractivity contribution is -0.0423. The molecule has 1 aliphatic heterocycles. The minimum Gasteiger partial charge on any atom is -0.424 e. The third-order valence-corrected chi connectivity index (χ3v) is 3.71. The Bertz CT molecular complexity index is 607. The van der Waals surface area contributed by atoms with Crippen LogP contribution in [-0.4, -0.2) is 50.7 Å². The molecule has 3 rings (SSSR count). The highest BCUT2D eigenvalue weighted by Crippen LogP contribution is 2.15. The van der Waals surface area contributed by atoms with Gasteiger partial charge in [0.25, 0.3) is 0 Å². The molecule has 3 heterocycles. The minimum absolute atomic E-state index is 0.139. The molecule has 1 atom stereocenters. The lowest BCUT2D eigenvalue weighted by atomic mass is 10.2. The van der Waals surface area contributed by atoms with Crippen molar-refractivity contribution in [2.75, 3.05) is 19.7 Å². The SMILES string of the molecule is Cc1cnn(C[C@H]2CN(Cc3nnc(C(C)C)o3)CCO2)c1. The zero-order valence-corrected chi connectivity index (χ0v) is 13.4. The van der Waals surface area contributed by atoms with Crippen LogP contribution in [0.15, 0.2) is 16.8 Å². The third kappa shape index (κ3) is 3.72. The van der Waals surface area contributed by atoms with Crippen LogP contribution in [0.3, 0.4) is 0 Å². The molecule has 0 bridgehead atoms. The van der Waals surface area contributed by atoms with Crippen LogP contribution in [0.2, 0.25) is 0 Å². The molecular weight excluding hydrogens is 282 g/mol. The molecule has 120 valence electrons. The van der Waals surface area contributed by atoms with Gasteiger partial charge in [0.1, 0.15) is 0 Å². The average Bonchev–Trinajstić information content (AvgIpc) is 3.09. The van der Waals surface area contributed by atoms with Gasteiger partial charge in [-0.2, -0.15) is 5.10 Å². The maximum atomic E-state index is 5.83. The summed E-state index contributed by atoms with van der Waals surface area (Å²) in [5.41, 5.74) is 1.17. The Hall–Kier alpha value is -1.73. The molecular formula is C15H23N5O2. The van der Waals surface area contributed by atoms with E-state index < -0.39 is 0 Å². The topological polar surface area (TPSA) is 69.2 Å². The second-order valence-electron chi connectivity index (χ2n) is 6.16. The van der Waals surface area contributed by atoms with Crippen molar-refractivity contribution in [1.29, 1.82) is 0 Å². The van der Waals surface area contributed by atoms with E-state index in [-0.39, 0.29) is 12.0 Å². The first kappa shape index (κ1) is 15.2. The molecule has 0 radical (unpaired) electrons. The lowest BCUT2D eigenvalue weighted by Gasteiger charge is -2.31. The van der Waals surface area contributed by atoms with Gasteiger partial charge in [-0.15, -0.1) is 10.2 Å². The van der Waals surface area contributed by atoms with E-state index in [9.17, 15) is 0 Å². The molecule has 0 spiro atoms. The van der Waals surface area contributed by atoms with Gasteiger partial charge in [-0.1, -0.05) is 13.8 Å². The van der Waals surface area contributed by atoms with E-state index >= 15 is 0 Å². The monoisotopic (exact) mass is 305 g/mol. The highest BCUT2D eigenvalue weighted by Gasteiger charge is 2.23. The van der Waals surface area contributed by atoms with Gasteiger partial charge < -0.3 is 9.15 Å². The van der Waals surface area contributed by atoms with Crippen molar-refractivity contribution >= 4 is 0 Å². The third-order valence-electron chi connectivity index (χ3n) is 3.71. The maximum Gasteiger partial charge on any atom is 0.230 e. The number of nitrogens with zero attached hydrogens (tertiary/aromatic N) is 5. The van der Waals surface area contributed by atoms with Gasteiger partial charge in [-0.3, -0.25) is 9.58 Å². The van der Waals surface area contributed by atoms with Gasteiger partial charge in [0, 0.05) is 25.2 Å². The van der Waals surface area contributed by atoms with E-state index in [0.717, 1.165) is 26.2 Å². The molecule has 0 unspecified atom stereocenters. The summed E-state index contributed by atoms with van der Waals surface area (Å²) in [6.07, 6.45) is 4.04. The predicted octanol–water partition coefficient (Wildman–Crippen LogP) is 1.60. The van der Waals surface area contributed by atoms with Crippen LogP contribution in [0.25, 0.3) is 0 Å². The van der Waals surface area contributed by atoms with Crippen LogP contribution in [0.5, 0.6) is 0 Å². The van der Waals surface area contributed by atoms with Crippen LogP contribution in [0.4, 0.5) is 0 Å². The zero-order chi connectivity index (χ0) is 15.5. The van der Waals surface area contributed by atoms with Crippen molar-refractivity contribution in [2.45, 2.75) is 45.9 Å².